The van der Waals surface area contributed by atoms with Gasteiger partial charge >= 0.3 is 6.09 Å². The molecule has 172 valence electrons. The molecule has 4 heterocycles. The number of aromatic nitrogens is 6. The van der Waals surface area contributed by atoms with Gasteiger partial charge in [-0.05, 0) is 38.5 Å². The molecular weight excluding hydrogens is 449 g/mol. The van der Waals surface area contributed by atoms with E-state index in [1.165, 1.54) is 17.2 Å². The van der Waals surface area contributed by atoms with E-state index in [0.29, 0.717) is 28.9 Å². The quantitative estimate of drug-likeness (QED) is 0.436. The standard InChI is InChI=1S/C22H23ClFN7O2/c1-22(2,3)33-21(32)30(4)12-19-28-20(31(29-19)14-5-6-25-18(24)8-14)7-13-10-26-16-11-27-17(23)9-15(13)16/h5-6,8-11,26H,7,12H2,1-4H3. The molecule has 4 rings (SSSR count). The molecule has 33 heavy (non-hydrogen) atoms. The number of H-pyrrole nitrogens is 1. The van der Waals surface area contributed by atoms with Gasteiger partial charge in [-0.25, -0.2) is 24.4 Å². The summed E-state index contributed by atoms with van der Waals surface area (Å²) in [5.74, 6) is 0.309. The fourth-order valence-electron chi connectivity index (χ4n) is 3.29. The second-order valence-electron chi connectivity index (χ2n) is 8.57. The lowest BCUT2D eigenvalue weighted by Crippen LogP contribution is -2.34. The van der Waals surface area contributed by atoms with E-state index in [2.05, 4.69) is 25.0 Å². The smallest absolute Gasteiger partial charge is 0.410 e. The maximum Gasteiger partial charge on any atom is 0.410 e. The summed E-state index contributed by atoms with van der Waals surface area (Å²) in [6.07, 6.45) is 4.76. The Labute approximate surface area is 194 Å². The number of amides is 1. The van der Waals surface area contributed by atoms with Crippen molar-refractivity contribution in [1.29, 1.82) is 0 Å². The van der Waals surface area contributed by atoms with E-state index in [1.54, 1.807) is 50.8 Å². The van der Waals surface area contributed by atoms with Gasteiger partial charge in [0.1, 0.15) is 16.6 Å². The lowest BCUT2D eigenvalue weighted by atomic mass is 10.1. The van der Waals surface area contributed by atoms with Crippen LogP contribution in [0.3, 0.4) is 0 Å². The molecule has 0 unspecified atom stereocenters. The number of aromatic amines is 1. The summed E-state index contributed by atoms with van der Waals surface area (Å²) in [6.45, 7) is 5.51. The molecule has 9 nitrogen and oxygen atoms in total. The zero-order chi connectivity index (χ0) is 23.8. The Hall–Kier alpha value is -3.53. The zero-order valence-corrected chi connectivity index (χ0v) is 19.4. The first-order valence-electron chi connectivity index (χ1n) is 10.2. The van der Waals surface area contributed by atoms with Gasteiger partial charge in [0.25, 0.3) is 0 Å². The van der Waals surface area contributed by atoms with E-state index in [0.717, 1.165) is 16.5 Å². The number of pyridine rings is 2. The summed E-state index contributed by atoms with van der Waals surface area (Å²) >= 11 is 6.08. The van der Waals surface area contributed by atoms with Gasteiger partial charge in [-0.2, -0.15) is 4.39 Å². The van der Waals surface area contributed by atoms with Gasteiger partial charge in [0, 0.05) is 37.3 Å². The van der Waals surface area contributed by atoms with Crippen LogP contribution in [0.2, 0.25) is 5.15 Å². The molecule has 0 aliphatic rings. The largest absolute Gasteiger partial charge is 0.444 e. The summed E-state index contributed by atoms with van der Waals surface area (Å²) in [7, 11) is 1.61. The molecule has 0 fully saturated rings. The first-order chi connectivity index (χ1) is 15.6. The highest BCUT2D eigenvalue weighted by Crippen LogP contribution is 2.24. The van der Waals surface area contributed by atoms with Crippen molar-refractivity contribution in [3.63, 3.8) is 0 Å². The number of halogens is 2. The minimum absolute atomic E-state index is 0.117. The number of hydrogen-bond acceptors (Lipinski definition) is 6. The summed E-state index contributed by atoms with van der Waals surface area (Å²) in [5, 5.41) is 5.81. The second-order valence-corrected chi connectivity index (χ2v) is 8.96. The Kier molecular flexibility index (Phi) is 6.03. The maximum absolute atomic E-state index is 13.8. The molecule has 0 spiro atoms. The van der Waals surface area contributed by atoms with E-state index in [-0.39, 0.29) is 6.54 Å². The van der Waals surface area contributed by atoms with E-state index >= 15 is 0 Å². The average molecular weight is 472 g/mol. The van der Waals surface area contributed by atoms with Crippen molar-refractivity contribution in [3.05, 3.63) is 65.1 Å². The molecule has 0 saturated heterocycles. The highest BCUT2D eigenvalue weighted by atomic mass is 35.5. The zero-order valence-electron chi connectivity index (χ0n) is 18.6. The van der Waals surface area contributed by atoms with Crippen molar-refractivity contribution in [1.82, 2.24) is 34.6 Å². The van der Waals surface area contributed by atoms with Gasteiger partial charge in [-0.1, -0.05) is 11.6 Å². The van der Waals surface area contributed by atoms with Gasteiger partial charge in [0.2, 0.25) is 5.95 Å². The van der Waals surface area contributed by atoms with Crippen LogP contribution in [0.4, 0.5) is 9.18 Å². The number of nitrogens with one attached hydrogen (secondary N) is 1. The SMILES string of the molecule is CN(Cc1nc(Cc2c[nH]c3cnc(Cl)cc23)n(-c2ccnc(F)c2)n1)C(=O)OC(C)(C)C. The highest BCUT2D eigenvalue weighted by Gasteiger charge is 2.22. The molecule has 0 saturated carbocycles. The predicted molar refractivity (Wildman–Crippen MR) is 121 cm³/mol. The second kappa shape index (κ2) is 8.78. The van der Waals surface area contributed by atoms with E-state index in [1.807, 2.05) is 6.20 Å². The highest BCUT2D eigenvalue weighted by molar-refractivity contribution is 6.30. The Bertz CT molecular complexity index is 1310. The van der Waals surface area contributed by atoms with Crippen LogP contribution in [-0.2, 0) is 17.7 Å². The van der Waals surface area contributed by atoms with Crippen molar-refractivity contribution in [2.45, 2.75) is 39.3 Å². The first kappa shape index (κ1) is 22.7. The molecule has 11 heteroatoms. The Balaban J connectivity index is 1.68. The molecule has 1 amide bonds. The van der Waals surface area contributed by atoms with E-state index < -0.39 is 17.6 Å². The van der Waals surface area contributed by atoms with Crippen LogP contribution in [0.1, 0.15) is 38.0 Å². The van der Waals surface area contributed by atoms with Gasteiger partial charge < -0.3 is 14.6 Å². The molecule has 4 aromatic rings. The van der Waals surface area contributed by atoms with Crippen molar-refractivity contribution in [2.75, 3.05) is 7.05 Å². The number of hydrogen-bond donors (Lipinski definition) is 1. The van der Waals surface area contributed by atoms with E-state index in [9.17, 15) is 9.18 Å². The van der Waals surface area contributed by atoms with Crippen LogP contribution in [0.5, 0.6) is 0 Å². The molecule has 0 aromatic carbocycles. The van der Waals surface area contributed by atoms with Crippen molar-refractivity contribution >= 4 is 28.6 Å². The Morgan fingerprint density at radius 2 is 2.09 bits per heavy atom. The molecule has 4 aromatic heterocycles. The Morgan fingerprint density at radius 3 is 2.82 bits per heavy atom. The average Bonchev–Trinajstić information content (AvgIpc) is 3.31. The molecule has 0 atom stereocenters. The number of rotatable bonds is 5. The van der Waals surface area contributed by atoms with Crippen LogP contribution in [0.25, 0.3) is 16.6 Å². The van der Waals surface area contributed by atoms with Gasteiger partial charge in [0.15, 0.2) is 5.82 Å². The van der Waals surface area contributed by atoms with Crippen LogP contribution in [0, 0.1) is 5.95 Å². The molecule has 0 aliphatic heterocycles. The van der Waals surface area contributed by atoms with Gasteiger partial charge in [-0.3, -0.25) is 0 Å². The number of ether oxygens (including phenoxy) is 1. The summed E-state index contributed by atoms with van der Waals surface area (Å²) in [6, 6.07) is 4.68. The van der Waals surface area contributed by atoms with E-state index in [4.69, 9.17) is 16.3 Å². The van der Waals surface area contributed by atoms with Crippen LogP contribution in [-0.4, -0.2) is 53.4 Å². The number of fused-ring (bicyclic) bond motifs is 1. The van der Waals surface area contributed by atoms with Gasteiger partial charge in [0.05, 0.1) is 23.9 Å². The van der Waals surface area contributed by atoms with Crippen molar-refractivity contribution < 1.29 is 13.9 Å². The third-order valence-electron chi connectivity index (χ3n) is 4.72. The minimum atomic E-state index is -0.633. The predicted octanol–water partition coefficient (Wildman–Crippen LogP) is 4.29. The topological polar surface area (TPSA) is 102 Å². The molecule has 0 bridgehead atoms. The van der Waals surface area contributed by atoms with Crippen LogP contribution < -0.4 is 0 Å². The van der Waals surface area contributed by atoms with Crippen LogP contribution in [0.15, 0.2) is 36.8 Å². The fraction of sp³-hybridized carbons (Fsp3) is 0.318. The van der Waals surface area contributed by atoms with Crippen LogP contribution >= 0.6 is 11.6 Å². The van der Waals surface area contributed by atoms with Crippen molar-refractivity contribution in [3.8, 4) is 5.69 Å². The molecule has 0 radical (unpaired) electrons. The lowest BCUT2D eigenvalue weighted by Gasteiger charge is -2.23. The maximum atomic E-state index is 13.8. The molecule has 1 N–H and O–H groups in total. The van der Waals surface area contributed by atoms with Crippen molar-refractivity contribution in [2.24, 2.45) is 0 Å². The number of nitrogens with zero attached hydrogens (tertiary/aromatic N) is 6. The first-order valence-corrected chi connectivity index (χ1v) is 10.6. The van der Waals surface area contributed by atoms with Gasteiger partial charge in [-0.15, -0.1) is 5.10 Å². The monoisotopic (exact) mass is 471 g/mol. The third kappa shape index (κ3) is 5.28. The third-order valence-corrected chi connectivity index (χ3v) is 4.93. The summed E-state index contributed by atoms with van der Waals surface area (Å²) < 4.78 is 20.8. The number of carbonyl (C=O) groups excluding carboxylic acids is 1. The lowest BCUT2D eigenvalue weighted by molar-refractivity contribution is 0.0281. The summed E-state index contributed by atoms with van der Waals surface area (Å²) in [4.78, 5) is 29.2. The number of carbonyl (C=O) groups is 1. The fourth-order valence-corrected chi connectivity index (χ4v) is 3.45. The normalized spacial score (nSPS) is 11.7. The molecule has 0 aliphatic carbocycles. The summed E-state index contributed by atoms with van der Waals surface area (Å²) in [5.41, 5.74) is 1.60. The minimum Gasteiger partial charge on any atom is -0.444 e. The molecular formula is C22H23ClFN7O2. The Morgan fingerprint density at radius 1 is 1.30 bits per heavy atom.